The van der Waals surface area contributed by atoms with Crippen LogP contribution in [0.1, 0.15) is 22.7 Å². The van der Waals surface area contributed by atoms with Crippen molar-refractivity contribution in [3.8, 4) is 0 Å². The first-order valence-electron chi connectivity index (χ1n) is 6.96. The molecular formula is C13H18ClN5OS. The third kappa shape index (κ3) is 3.42. The summed E-state index contributed by atoms with van der Waals surface area (Å²) >= 11 is 7.31. The maximum absolute atomic E-state index is 6.06. The van der Waals surface area contributed by atoms with E-state index in [9.17, 15) is 0 Å². The van der Waals surface area contributed by atoms with Gasteiger partial charge in [0.05, 0.1) is 5.69 Å². The zero-order chi connectivity index (χ0) is 14.8. The fourth-order valence-corrected chi connectivity index (χ4v) is 3.17. The van der Waals surface area contributed by atoms with Gasteiger partial charge in [0.1, 0.15) is 15.8 Å². The van der Waals surface area contributed by atoms with E-state index in [-0.39, 0.29) is 0 Å². The van der Waals surface area contributed by atoms with E-state index in [1.165, 1.54) is 17.1 Å². The fraction of sp³-hybridized carbons (Fsp3) is 0.615. The number of aryl methyl sites for hydroxylation is 2. The van der Waals surface area contributed by atoms with Gasteiger partial charge in [0.25, 0.3) is 0 Å². The molecule has 0 N–H and O–H groups in total. The molecule has 2 aromatic heterocycles. The Hall–Kier alpha value is -1.02. The van der Waals surface area contributed by atoms with Crippen molar-refractivity contribution < 1.29 is 4.52 Å². The molecule has 3 rings (SSSR count). The number of hydrogen-bond donors (Lipinski definition) is 0. The molecule has 6 nitrogen and oxygen atoms in total. The van der Waals surface area contributed by atoms with Gasteiger partial charge in [-0.2, -0.15) is 0 Å². The summed E-state index contributed by atoms with van der Waals surface area (Å²) < 4.78 is 9.80. The molecule has 2 aromatic rings. The molecule has 0 spiro atoms. The van der Waals surface area contributed by atoms with Crippen molar-refractivity contribution in [2.24, 2.45) is 0 Å². The predicted octanol–water partition coefficient (Wildman–Crippen LogP) is 2.11. The minimum absolute atomic E-state index is 0.702. The third-order valence-corrected chi connectivity index (χ3v) is 4.89. The summed E-state index contributed by atoms with van der Waals surface area (Å²) in [7, 11) is 0. The lowest BCUT2D eigenvalue weighted by Gasteiger charge is -2.34. The van der Waals surface area contributed by atoms with Crippen LogP contribution in [-0.4, -0.2) is 50.7 Å². The molecule has 0 amide bonds. The molecule has 0 radical (unpaired) electrons. The monoisotopic (exact) mass is 327 g/mol. The molecule has 1 saturated heterocycles. The van der Waals surface area contributed by atoms with Crippen LogP contribution in [0, 0.1) is 13.8 Å². The van der Waals surface area contributed by atoms with Crippen LogP contribution in [0.3, 0.4) is 0 Å². The highest BCUT2D eigenvalue weighted by molar-refractivity contribution is 7.10. The normalized spacial score (nSPS) is 17.5. The molecule has 1 aliphatic heterocycles. The Morgan fingerprint density at radius 2 is 1.81 bits per heavy atom. The summed E-state index contributed by atoms with van der Waals surface area (Å²) in [5.74, 6) is 0.926. The van der Waals surface area contributed by atoms with Crippen LogP contribution in [0.2, 0.25) is 4.34 Å². The number of aromatic nitrogens is 3. The second-order valence-corrected chi connectivity index (χ2v) is 6.70. The van der Waals surface area contributed by atoms with Gasteiger partial charge in [-0.1, -0.05) is 21.2 Å². The first-order valence-corrected chi connectivity index (χ1v) is 8.12. The van der Waals surface area contributed by atoms with Gasteiger partial charge in [-0.3, -0.25) is 9.80 Å². The molecule has 1 fully saturated rings. The van der Waals surface area contributed by atoms with Crippen LogP contribution in [0.4, 0.5) is 0 Å². The number of piperazine rings is 1. The van der Waals surface area contributed by atoms with Crippen molar-refractivity contribution >= 4 is 23.1 Å². The lowest BCUT2D eigenvalue weighted by Crippen LogP contribution is -2.45. The average molecular weight is 328 g/mol. The number of rotatable bonds is 4. The molecule has 0 unspecified atom stereocenters. The lowest BCUT2D eigenvalue weighted by molar-refractivity contribution is 0.120. The predicted molar refractivity (Wildman–Crippen MR) is 81.5 cm³/mol. The molecule has 8 heteroatoms. The standard InChI is InChI=1S/C13H18ClN5OS/c1-9-11(10(2)20-16-9)7-18-3-5-19(6-4-18)8-12-13(14)21-17-15-12/h3-8H2,1-2H3. The molecule has 0 aromatic carbocycles. The van der Waals surface area contributed by atoms with Gasteiger partial charge < -0.3 is 4.52 Å². The Morgan fingerprint density at radius 3 is 2.33 bits per heavy atom. The van der Waals surface area contributed by atoms with Crippen LogP contribution in [0.5, 0.6) is 0 Å². The summed E-state index contributed by atoms with van der Waals surface area (Å²) in [6, 6.07) is 0. The molecular weight excluding hydrogens is 310 g/mol. The van der Waals surface area contributed by atoms with E-state index in [4.69, 9.17) is 16.1 Å². The molecule has 21 heavy (non-hydrogen) atoms. The zero-order valence-electron chi connectivity index (χ0n) is 12.2. The molecule has 1 aliphatic rings. The smallest absolute Gasteiger partial charge is 0.138 e. The topological polar surface area (TPSA) is 58.3 Å². The quantitative estimate of drug-likeness (QED) is 0.857. The maximum Gasteiger partial charge on any atom is 0.138 e. The summed E-state index contributed by atoms with van der Waals surface area (Å²) in [6.07, 6.45) is 0. The maximum atomic E-state index is 6.06. The van der Waals surface area contributed by atoms with E-state index in [0.29, 0.717) is 4.34 Å². The zero-order valence-corrected chi connectivity index (χ0v) is 13.7. The molecule has 0 atom stereocenters. The van der Waals surface area contributed by atoms with Gasteiger partial charge in [0, 0.05) is 56.4 Å². The Balaban J connectivity index is 1.52. The lowest BCUT2D eigenvalue weighted by atomic mass is 10.2. The Morgan fingerprint density at radius 1 is 1.14 bits per heavy atom. The Bertz CT molecular complexity index is 586. The third-order valence-electron chi connectivity index (χ3n) is 3.91. The Labute approximate surface area is 132 Å². The number of hydrogen-bond acceptors (Lipinski definition) is 7. The second-order valence-electron chi connectivity index (χ2n) is 5.35. The second kappa shape index (κ2) is 6.39. The van der Waals surface area contributed by atoms with Crippen molar-refractivity contribution in [3.05, 3.63) is 27.0 Å². The molecule has 0 saturated carbocycles. The van der Waals surface area contributed by atoms with Gasteiger partial charge in [0.15, 0.2) is 0 Å². The summed E-state index contributed by atoms with van der Waals surface area (Å²) in [6.45, 7) is 9.75. The van der Waals surface area contributed by atoms with Crippen molar-refractivity contribution in [2.75, 3.05) is 26.2 Å². The van der Waals surface area contributed by atoms with E-state index in [1.54, 1.807) is 0 Å². The van der Waals surface area contributed by atoms with Gasteiger partial charge in [-0.25, -0.2) is 0 Å². The summed E-state index contributed by atoms with van der Waals surface area (Å²) in [5.41, 5.74) is 3.10. The van der Waals surface area contributed by atoms with Crippen molar-refractivity contribution in [3.63, 3.8) is 0 Å². The number of halogens is 1. The first-order chi connectivity index (χ1) is 10.1. The van der Waals surface area contributed by atoms with Gasteiger partial charge in [-0.05, 0) is 13.8 Å². The van der Waals surface area contributed by atoms with Gasteiger partial charge in [0.2, 0.25) is 0 Å². The number of nitrogens with zero attached hydrogens (tertiary/aromatic N) is 5. The van der Waals surface area contributed by atoms with Crippen LogP contribution in [-0.2, 0) is 13.1 Å². The van der Waals surface area contributed by atoms with E-state index >= 15 is 0 Å². The van der Waals surface area contributed by atoms with Crippen molar-refractivity contribution in [2.45, 2.75) is 26.9 Å². The Kier molecular flexibility index (Phi) is 4.54. The van der Waals surface area contributed by atoms with E-state index in [0.717, 1.165) is 56.4 Å². The largest absolute Gasteiger partial charge is 0.361 e. The van der Waals surface area contributed by atoms with Crippen molar-refractivity contribution in [1.29, 1.82) is 0 Å². The molecule has 3 heterocycles. The minimum atomic E-state index is 0.702. The van der Waals surface area contributed by atoms with Crippen LogP contribution in [0.25, 0.3) is 0 Å². The average Bonchev–Trinajstić information content (AvgIpc) is 3.01. The SMILES string of the molecule is Cc1noc(C)c1CN1CCN(Cc2nnsc2Cl)CC1. The van der Waals surface area contributed by atoms with Crippen LogP contribution >= 0.6 is 23.1 Å². The van der Waals surface area contributed by atoms with Crippen LogP contribution in [0.15, 0.2) is 4.52 Å². The van der Waals surface area contributed by atoms with E-state index < -0.39 is 0 Å². The van der Waals surface area contributed by atoms with Gasteiger partial charge >= 0.3 is 0 Å². The van der Waals surface area contributed by atoms with Crippen molar-refractivity contribution in [1.82, 2.24) is 24.5 Å². The molecule has 0 bridgehead atoms. The summed E-state index contributed by atoms with van der Waals surface area (Å²) in [4.78, 5) is 4.80. The first kappa shape index (κ1) is 14.9. The highest BCUT2D eigenvalue weighted by atomic mass is 35.5. The highest BCUT2D eigenvalue weighted by Gasteiger charge is 2.21. The minimum Gasteiger partial charge on any atom is -0.361 e. The van der Waals surface area contributed by atoms with E-state index in [1.807, 2.05) is 13.8 Å². The van der Waals surface area contributed by atoms with Gasteiger partial charge in [-0.15, -0.1) is 5.10 Å². The molecule has 114 valence electrons. The fourth-order valence-electron chi connectivity index (χ4n) is 2.56. The van der Waals surface area contributed by atoms with Crippen LogP contribution < -0.4 is 0 Å². The summed E-state index contributed by atoms with van der Waals surface area (Å²) in [5, 5.41) is 8.09. The molecule has 0 aliphatic carbocycles. The van der Waals surface area contributed by atoms with E-state index in [2.05, 4.69) is 24.5 Å². The highest BCUT2D eigenvalue weighted by Crippen LogP contribution is 2.20.